The number of hydrogen-bond donors (Lipinski definition) is 1. The Morgan fingerprint density at radius 1 is 1.08 bits per heavy atom. The molecule has 2 amide bonds. The minimum Gasteiger partial charge on any atom is -0.350 e. The van der Waals surface area contributed by atoms with Crippen LogP contribution in [0.1, 0.15) is 12.8 Å². The zero-order chi connectivity index (χ0) is 25.9. The van der Waals surface area contributed by atoms with E-state index in [9.17, 15) is 18.4 Å². The molecular formula is C25H24BrClF3N3O2S. The Morgan fingerprint density at radius 3 is 2.44 bits per heavy atom. The fourth-order valence-electron chi connectivity index (χ4n) is 4.01. The number of rotatable bonds is 7. The lowest BCUT2D eigenvalue weighted by Gasteiger charge is -2.37. The highest BCUT2D eigenvalue weighted by Crippen LogP contribution is 2.40. The molecule has 2 heterocycles. The van der Waals surface area contributed by atoms with Gasteiger partial charge in [-0.25, -0.2) is 17.5 Å². The summed E-state index contributed by atoms with van der Waals surface area (Å²) < 4.78 is 44.0. The molecule has 5 nitrogen and oxygen atoms in total. The van der Waals surface area contributed by atoms with E-state index in [1.807, 2.05) is 46.8 Å². The van der Waals surface area contributed by atoms with Crippen LogP contribution in [0.5, 0.6) is 0 Å². The summed E-state index contributed by atoms with van der Waals surface area (Å²) >= 11 is 11.4. The van der Waals surface area contributed by atoms with Gasteiger partial charge in [0.2, 0.25) is 5.91 Å². The fraction of sp³-hybridized carbons (Fsp3) is 0.360. The second kappa shape index (κ2) is 11.2. The standard InChI is InChI=1S/C25H24BrClF3N3O2S/c26-17-7-8-21(19(14-17)18-4-1-2-5-20(18)27)36-33-12-9-24(28,10-13-33)23(35)31-11-3-6-22(34)32-15-25(29,30)16-32/h1-8,14H,9-13,15-16H2,(H,31,35)/b6-3+. The number of hydrogen-bond acceptors (Lipinski definition) is 4. The predicted octanol–water partition coefficient (Wildman–Crippen LogP) is 5.73. The monoisotopic (exact) mass is 601 g/mol. The Labute approximate surface area is 225 Å². The van der Waals surface area contributed by atoms with Gasteiger partial charge in [0.05, 0.1) is 13.1 Å². The molecule has 192 valence electrons. The van der Waals surface area contributed by atoms with Crippen LogP contribution in [0.2, 0.25) is 5.02 Å². The third-order valence-electron chi connectivity index (χ3n) is 6.05. The van der Waals surface area contributed by atoms with Crippen LogP contribution in [-0.2, 0) is 9.59 Å². The summed E-state index contributed by atoms with van der Waals surface area (Å²) in [5.41, 5.74) is -0.161. The Hall–Kier alpha value is -2.01. The summed E-state index contributed by atoms with van der Waals surface area (Å²) in [6, 6.07) is 13.5. The van der Waals surface area contributed by atoms with Crippen LogP contribution in [0.15, 0.2) is 64.0 Å². The second-order valence-corrected chi connectivity index (χ2v) is 11.2. The number of alkyl halides is 3. The van der Waals surface area contributed by atoms with E-state index in [2.05, 4.69) is 21.2 Å². The zero-order valence-corrected chi connectivity index (χ0v) is 22.3. The van der Waals surface area contributed by atoms with Crippen molar-refractivity contribution in [2.75, 3.05) is 32.7 Å². The molecule has 2 fully saturated rings. The molecule has 0 aliphatic carbocycles. The van der Waals surface area contributed by atoms with Crippen LogP contribution in [0, 0.1) is 0 Å². The first-order valence-corrected chi connectivity index (χ1v) is 13.3. The van der Waals surface area contributed by atoms with Gasteiger partial charge in [-0.15, -0.1) is 0 Å². The smallest absolute Gasteiger partial charge is 0.282 e. The van der Waals surface area contributed by atoms with Crippen LogP contribution < -0.4 is 5.32 Å². The van der Waals surface area contributed by atoms with Gasteiger partial charge in [-0.3, -0.25) is 9.59 Å². The SMILES string of the molecule is O=C(/C=C/CNC(=O)C1(F)CCN(Sc2ccc(Br)cc2-c2ccccc2Cl)CC1)N1CC(F)(F)C1. The Kier molecular flexibility index (Phi) is 8.38. The van der Waals surface area contributed by atoms with Crippen LogP contribution in [-0.4, -0.2) is 65.3 Å². The highest BCUT2D eigenvalue weighted by atomic mass is 79.9. The molecule has 4 rings (SSSR count). The van der Waals surface area contributed by atoms with Gasteiger partial charge in [-0.2, -0.15) is 0 Å². The summed E-state index contributed by atoms with van der Waals surface area (Å²) in [6.45, 7) is -0.539. The normalized spacial score (nSPS) is 19.2. The molecule has 0 unspecified atom stereocenters. The average molecular weight is 603 g/mol. The molecule has 0 atom stereocenters. The highest BCUT2D eigenvalue weighted by molar-refractivity contribution is 9.10. The van der Waals surface area contributed by atoms with Crippen molar-refractivity contribution in [2.24, 2.45) is 0 Å². The quantitative estimate of drug-likeness (QED) is 0.325. The first kappa shape index (κ1) is 27.0. The molecule has 36 heavy (non-hydrogen) atoms. The lowest BCUT2D eigenvalue weighted by Crippen LogP contribution is -2.58. The van der Waals surface area contributed by atoms with E-state index >= 15 is 4.39 Å². The molecule has 0 bridgehead atoms. The van der Waals surface area contributed by atoms with Gasteiger partial charge < -0.3 is 10.2 Å². The number of amides is 2. The van der Waals surface area contributed by atoms with Crippen LogP contribution in [0.25, 0.3) is 11.1 Å². The fourth-order valence-corrected chi connectivity index (χ4v) is 5.65. The van der Waals surface area contributed by atoms with E-state index in [1.54, 1.807) is 0 Å². The van der Waals surface area contributed by atoms with E-state index in [-0.39, 0.29) is 19.4 Å². The van der Waals surface area contributed by atoms with Crippen LogP contribution in [0.4, 0.5) is 13.2 Å². The topological polar surface area (TPSA) is 52.7 Å². The molecule has 0 aromatic heterocycles. The number of carbonyl (C=O) groups excluding carboxylic acids is 2. The van der Waals surface area contributed by atoms with Crippen molar-refractivity contribution in [3.05, 3.63) is 64.1 Å². The first-order valence-electron chi connectivity index (χ1n) is 11.3. The van der Waals surface area contributed by atoms with Gasteiger partial charge in [0.25, 0.3) is 11.8 Å². The number of nitrogens with one attached hydrogen (secondary N) is 1. The van der Waals surface area contributed by atoms with Gasteiger partial charge in [0, 0.05) is 58.5 Å². The lowest BCUT2D eigenvalue weighted by atomic mass is 9.93. The summed E-state index contributed by atoms with van der Waals surface area (Å²) in [4.78, 5) is 26.2. The molecule has 2 aliphatic rings. The van der Waals surface area contributed by atoms with Crippen molar-refractivity contribution in [3.8, 4) is 11.1 Å². The minimum atomic E-state index is -2.83. The Bertz CT molecular complexity index is 1170. The molecule has 11 heteroatoms. The summed E-state index contributed by atoms with van der Waals surface area (Å²) in [5.74, 6) is -4.13. The molecule has 2 aliphatic heterocycles. The molecule has 2 saturated heterocycles. The van der Waals surface area contributed by atoms with Crippen molar-refractivity contribution < 1.29 is 22.8 Å². The van der Waals surface area contributed by atoms with Gasteiger partial charge in [0.1, 0.15) is 0 Å². The number of halogens is 5. The van der Waals surface area contributed by atoms with Crippen molar-refractivity contribution in [1.29, 1.82) is 0 Å². The molecular weight excluding hydrogens is 579 g/mol. The van der Waals surface area contributed by atoms with E-state index in [0.717, 1.165) is 31.5 Å². The molecule has 1 N–H and O–H groups in total. The summed E-state index contributed by atoms with van der Waals surface area (Å²) in [7, 11) is 0. The summed E-state index contributed by atoms with van der Waals surface area (Å²) in [6.07, 6.45) is 2.51. The van der Waals surface area contributed by atoms with Crippen molar-refractivity contribution >= 4 is 51.3 Å². The van der Waals surface area contributed by atoms with Crippen molar-refractivity contribution in [3.63, 3.8) is 0 Å². The van der Waals surface area contributed by atoms with E-state index in [0.29, 0.717) is 18.1 Å². The van der Waals surface area contributed by atoms with Crippen molar-refractivity contribution in [2.45, 2.75) is 29.3 Å². The van der Waals surface area contributed by atoms with Gasteiger partial charge in [-0.1, -0.05) is 51.8 Å². The summed E-state index contributed by atoms with van der Waals surface area (Å²) in [5, 5.41) is 3.12. The molecule has 0 radical (unpaired) electrons. The second-order valence-electron chi connectivity index (χ2n) is 8.77. The predicted molar refractivity (Wildman–Crippen MR) is 139 cm³/mol. The third kappa shape index (κ3) is 6.45. The number of benzene rings is 2. The Balaban J connectivity index is 1.29. The number of likely N-dealkylation sites (tertiary alicyclic amines) is 1. The zero-order valence-electron chi connectivity index (χ0n) is 19.2. The lowest BCUT2D eigenvalue weighted by molar-refractivity contribution is -0.160. The number of piperidine rings is 1. The molecule has 2 aromatic rings. The third-order valence-corrected chi connectivity index (χ3v) is 8.05. The maximum absolute atomic E-state index is 15.3. The largest absolute Gasteiger partial charge is 0.350 e. The molecule has 0 spiro atoms. The van der Waals surface area contributed by atoms with Crippen LogP contribution >= 0.6 is 39.5 Å². The number of nitrogens with zero attached hydrogens (tertiary/aromatic N) is 2. The first-order chi connectivity index (χ1) is 17.1. The minimum absolute atomic E-state index is 0.0231. The van der Waals surface area contributed by atoms with E-state index in [1.165, 1.54) is 18.0 Å². The van der Waals surface area contributed by atoms with Crippen molar-refractivity contribution in [1.82, 2.24) is 14.5 Å². The van der Waals surface area contributed by atoms with Crippen LogP contribution in [0.3, 0.4) is 0 Å². The molecule has 2 aromatic carbocycles. The van der Waals surface area contributed by atoms with E-state index < -0.39 is 36.5 Å². The van der Waals surface area contributed by atoms with Gasteiger partial charge in [0.15, 0.2) is 5.67 Å². The maximum atomic E-state index is 15.3. The Morgan fingerprint density at radius 2 is 1.78 bits per heavy atom. The van der Waals surface area contributed by atoms with Gasteiger partial charge in [-0.05, 0) is 41.8 Å². The van der Waals surface area contributed by atoms with E-state index in [4.69, 9.17) is 11.6 Å². The van der Waals surface area contributed by atoms with Gasteiger partial charge >= 0.3 is 0 Å². The average Bonchev–Trinajstić information content (AvgIpc) is 2.83. The highest BCUT2D eigenvalue weighted by Gasteiger charge is 2.45. The molecule has 0 saturated carbocycles. The number of carbonyl (C=O) groups is 2. The maximum Gasteiger partial charge on any atom is 0.282 e.